The number of benzene rings is 1. The van der Waals surface area contributed by atoms with Crippen LogP contribution in [0.3, 0.4) is 0 Å². The van der Waals surface area contributed by atoms with Crippen molar-refractivity contribution >= 4 is 27.3 Å². The molecule has 2 aromatic rings. The number of sulfonamides is 1. The van der Waals surface area contributed by atoms with Crippen LogP contribution < -0.4 is 4.72 Å². The minimum Gasteiger partial charge on any atom is -0.284 e. The zero-order valence-electron chi connectivity index (χ0n) is 8.88. The maximum Gasteiger partial charge on any atom is 0.265 e. The first-order valence-corrected chi connectivity index (χ1v) is 6.60. The van der Waals surface area contributed by atoms with E-state index in [4.69, 9.17) is 16.9 Å². The van der Waals surface area contributed by atoms with Crippen molar-refractivity contribution in [1.29, 1.82) is 5.26 Å². The number of aromatic nitrogens is 2. The zero-order valence-corrected chi connectivity index (χ0v) is 10.5. The summed E-state index contributed by atoms with van der Waals surface area (Å²) in [4.78, 5) is 0.0101. The van der Waals surface area contributed by atoms with E-state index in [0.29, 0.717) is 0 Å². The molecule has 0 unspecified atom stereocenters. The third kappa shape index (κ3) is 2.45. The lowest BCUT2D eigenvalue weighted by Crippen LogP contribution is -2.12. The van der Waals surface area contributed by atoms with Crippen molar-refractivity contribution in [2.45, 2.75) is 4.90 Å². The third-order valence-electron chi connectivity index (χ3n) is 2.12. The van der Waals surface area contributed by atoms with E-state index in [1.165, 1.54) is 30.6 Å². The van der Waals surface area contributed by atoms with Crippen LogP contribution in [0.25, 0.3) is 0 Å². The van der Waals surface area contributed by atoms with Crippen LogP contribution >= 0.6 is 11.6 Å². The van der Waals surface area contributed by atoms with E-state index < -0.39 is 10.0 Å². The zero-order chi connectivity index (χ0) is 13.2. The Morgan fingerprint density at radius 2 is 2.22 bits per heavy atom. The monoisotopic (exact) mass is 282 g/mol. The second-order valence-electron chi connectivity index (χ2n) is 3.35. The number of rotatable bonds is 3. The molecule has 0 spiro atoms. The van der Waals surface area contributed by atoms with Gasteiger partial charge in [-0.25, -0.2) is 8.42 Å². The van der Waals surface area contributed by atoms with E-state index in [0.717, 1.165) is 0 Å². The predicted octanol–water partition coefficient (Wildman–Crippen LogP) is 1.74. The van der Waals surface area contributed by atoms with Gasteiger partial charge in [-0.3, -0.25) is 9.82 Å². The molecule has 0 aliphatic rings. The van der Waals surface area contributed by atoms with Gasteiger partial charge in [0.25, 0.3) is 10.0 Å². The predicted molar refractivity (Wildman–Crippen MR) is 65.6 cm³/mol. The summed E-state index contributed by atoms with van der Waals surface area (Å²) in [5, 5.41) is 15.0. The number of nitrogens with one attached hydrogen (secondary N) is 2. The van der Waals surface area contributed by atoms with Gasteiger partial charge >= 0.3 is 0 Å². The Morgan fingerprint density at radius 1 is 1.44 bits per heavy atom. The largest absolute Gasteiger partial charge is 0.284 e. The van der Waals surface area contributed by atoms with Crippen molar-refractivity contribution in [2.75, 3.05) is 4.72 Å². The molecule has 0 saturated heterocycles. The van der Waals surface area contributed by atoms with Crippen LogP contribution in [-0.2, 0) is 10.0 Å². The topological polar surface area (TPSA) is 98.6 Å². The van der Waals surface area contributed by atoms with Crippen molar-refractivity contribution in [3.05, 3.63) is 41.2 Å². The Labute approximate surface area is 108 Å². The fourth-order valence-electron chi connectivity index (χ4n) is 1.27. The normalized spacial score (nSPS) is 10.9. The van der Waals surface area contributed by atoms with Crippen LogP contribution in [0, 0.1) is 11.3 Å². The van der Waals surface area contributed by atoms with Gasteiger partial charge in [0.2, 0.25) is 0 Å². The highest BCUT2D eigenvalue weighted by atomic mass is 35.5. The summed E-state index contributed by atoms with van der Waals surface area (Å²) in [6.45, 7) is 0. The van der Waals surface area contributed by atoms with Crippen LogP contribution in [0.1, 0.15) is 5.56 Å². The van der Waals surface area contributed by atoms with Gasteiger partial charge < -0.3 is 0 Å². The molecule has 1 aromatic carbocycles. The van der Waals surface area contributed by atoms with Crippen LogP contribution in [0.4, 0.5) is 5.69 Å². The molecule has 2 N–H and O–H groups in total. The number of aromatic amines is 1. The van der Waals surface area contributed by atoms with Crippen LogP contribution in [0.2, 0.25) is 5.02 Å². The van der Waals surface area contributed by atoms with Crippen molar-refractivity contribution in [3.8, 4) is 6.07 Å². The van der Waals surface area contributed by atoms with Gasteiger partial charge in [0.05, 0.1) is 22.5 Å². The molecule has 0 atom stereocenters. The van der Waals surface area contributed by atoms with Gasteiger partial charge in [-0.15, -0.1) is 0 Å². The van der Waals surface area contributed by atoms with E-state index in [9.17, 15) is 8.42 Å². The molecule has 8 heteroatoms. The molecule has 0 radical (unpaired) electrons. The highest BCUT2D eigenvalue weighted by Crippen LogP contribution is 2.21. The lowest BCUT2D eigenvalue weighted by Gasteiger charge is -2.06. The van der Waals surface area contributed by atoms with Crippen LogP contribution in [0.5, 0.6) is 0 Å². The Balaban J connectivity index is 2.34. The second kappa shape index (κ2) is 4.68. The fourth-order valence-corrected chi connectivity index (χ4v) is 2.39. The molecular formula is C10H7ClN4O2S. The molecule has 0 aliphatic heterocycles. The summed E-state index contributed by atoms with van der Waals surface area (Å²) in [5.74, 6) is 0. The first-order valence-electron chi connectivity index (χ1n) is 4.74. The first-order chi connectivity index (χ1) is 8.53. The molecule has 6 nitrogen and oxygen atoms in total. The van der Waals surface area contributed by atoms with Gasteiger partial charge in [-0.2, -0.15) is 10.4 Å². The highest BCUT2D eigenvalue weighted by molar-refractivity contribution is 7.92. The van der Waals surface area contributed by atoms with Gasteiger partial charge in [0.15, 0.2) is 0 Å². The van der Waals surface area contributed by atoms with Crippen LogP contribution in [0.15, 0.2) is 35.5 Å². The average Bonchev–Trinajstić information content (AvgIpc) is 2.85. The number of hydrogen-bond acceptors (Lipinski definition) is 4. The van der Waals surface area contributed by atoms with E-state index in [1.807, 2.05) is 6.07 Å². The number of nitriles is 1. The number of halogens is 1. The number of nitrogens with zero attached hydrogens (tertiary/aromatic N) is 2. The Bertz CT molecular complexity index is 704. The van der Waals surface area contributed by atoms with Gasteiger partial charge in [-0.1, -0.05) is 11.6 Å². The van der Waals surface area contributed by atoms with E-state index in [1.54, 1.807) is 0 Å². The SMILES string of the molecule is N#Cc1cc(NS(=O)(=O)c2cn[nH]c2)ccc1Cl. The maximum absolute atomic E-state index is 11.9. The minimum absolute atomic E-state index is 0.0101. The van der Waals surface area contributed by atoms with Gasteiger partial charge in [0.1, 0.15) is 11.0 Å². The standard InChI is InChI=1S/C10H7ClN4O2S/c11-10-2-1-8(3-7(10)4-12)15-18(16,17)9-5-13-14-6-9/h1-3,5-6,15H,(H,13,14). The molecule has 92 valence electrons. The molecule has 2 rings (SSSR count). The first kappa shape index (κ1) is 12.4. The van der Waals surface area contributed by atoms with Crippen molar-refractivity contribution in [1.82, 2.24) is 10.2 Å². The summed E-state index contributed by atoms with van der Waals surface area (Å²) in [5.41, 5.74) is 0.459. The van der Waals surface area contributed by atoms with E-state index in [2.05, 4.69) is 14.9 Å². The summed E-state index contributed by atoms with van der Waals surface area (Å²) < 4.78 is 26.0. The van der Waals surface area contributed by atoms with Crippen molar-refractivity contribution in [2.24, 2.45) is 0 Å². The smallest absolute Gasteiger partial charge is 0.265 e. The molecule has 1 aromatic heterocycles. The number of anilines is 1. The number of hydrogen-bond donors (Lipinski definition) is 2. The highest BCUT2D eigenvalue weighted by Gasteiger charge is 2.15. The van der Waals surface area contributed by atoms with Crippen LogP contribution in [-0.4, -0.2) is 18.6 Å². The summed E-state index contributed by atoms with van der Waals surface area (Å²) in [6, 6.07) is 6.16. The molecule has 18 heavy (non-hydrogen) atoms. The maximum atomic E-state index is 11.9. The van der Waals surface area contributed by atoms with Gasteiger partial charge in [-0.05, 0) is 18.2 Å². The molecule has 0 amide bonds. The Morgan fingerprint density at radius 3 is 2.83 bits per heavy atom. The summed E-state index contributed by atoms with van der Waals surface area (Å²) in [7, 11) is -3.70. The third-order valence-corrected chi connectivity index (χ3v) is 3.80. The Kier molecular flexibility index (Phi) is 3.23. The molecule has 0 fully saturated rings. The minimum atomic E-state index is -3.70. The second-order valence-corrected chi connectivity index (χ2v) is 5.44. The van der Waals surface area contributed by atoms with E-state index in [-0.39, 0.29) is 21.2 Å². The lowest BCUT2D eigenvalue weighted by molar-refractivity contribution is 0.601. The van der Waals surface area contributed by atoms with E-state index >= 15 is 0 Å². The van der Waals surface area contributed by atoms with Crippen molar-refractivity contribution in [3.63, 3.8) is 0 Å². The molecule has 0 saturated carbocycles. The summed E-state index contributed by atoms with van der Waals surface area (Å²) >= 11 is 5.75. The molecule has 0 aliphatic carbocycles. The lowest BCUT2D eigenvalue weighted by atomic mass is 10.2. The molecule has 0 bridgehead atoms. The number of H-pyrrole nitrogens is 1. The Hall–Kier alpha value is -2.04. The average molecular weight is 283 g/mol. The van der Waals surface area contributed by atoms with Crippen molar-refractivity contribution < 1.29 is 8.42 Å². The molecular weight excluding hydrogens is 276 g/mol. The summed E-state index contributed by atoms with van der Waals surface area (Å²) in [6.07, 6.45) is 2.44. The fraction of sp³-hybridized carbons (Fsp3) is 0. The van der Waals surface area contributed by atoms with Gasteiger partial charge in [0, 0.05) is 6.20 Å². The quantitative estimate of drug-likeness (QED) is 0.895. The molecule has 1 heterocycles.